The normalized spacial score (nSPS) is 25.2. The SMILES string of the molecule is Cc1ccc(OCCCCN[C@H]2CCC[C@@H](C)[C@@H]2C)c(C)c1. The van der Waals surface area contributed by atoms with Crippen molar-refractivity contribution < 1.29 is 4.74 Å². The highest BCUT2D eigenvalue weighted by molar-refractivity contribution is 5.35. The monoisotopic (exact) mass is 303 g/mol. The largest absolute Gasteiger partial charge is 0.493 e. The molecular weight excluding hydrogens is 270 g/mol. The van der Waals surface area contributed by atoms with Gasteiger partial charge in [0.2, 0.25) is 0 Å². The first kappa shape index (κ1) is 17.3. The molecule has 22 heavy (non-hydrogen) atoms. The molecule has 2 nitrogen and oxygen atoms in total. The van der Waals surface area contributed by atoms with Gasteiger partial charge in [-0.3, -0.25) is 0 Å². The van der Waals surface area contributed by atoms with E-state index in [0.717, 1.165) is 43.2 Å². The van der Waals surface area contributed by atoms with E-state index in [4.69, 9.17) is 4.74 Å². The lowest BCUT2D eigenvalue weighted by atomic mass is 9.78. The minimum absolute atomic E-state index is 0.726. The van der Waals surface area contributed by atoms with Crippen molar-refractivity contribution in [3.05, 3.63) is 29.3 Å². The average Bonchev–Trinajstić information content (AvgIpc) is 2.48. The van der Waals surface area contributed by atoms with Gasteiger partial charge in [-0.05, 0) is 63.1 Å². The standard InChI is InChI=1S/C20H33NO/c1-15-10-11-20(17(3)14-15)22-13-6-5-12-21-19-9-7-8-16(2)18(19)4/h10-11,14,16,18-19,21H,5-9,12-13H2,1-4H3/t16-,18+,19+/m1/s1. The first-order valence-corrected chi connectivity index (χ1v) is 9.01. The second-order valence-electron chi connectivity index (χ2n) is 7.15. The molecule has 124 valence electrons. The van der Waals surface area contributed by atoms with E-state index in [1.165, 1.54) is 36.8 Å². The van der Waals surface area contributed by atoms with E-state index in [1.54, 1.807) is 0 Å². The predicted molar refractivity (Wildman–Crippen MR) is 94.6 cm³/mol. The lowest BCUT2D eigenvalue weighted by molar-refractivity contribution is 0.205. The molecule has 1 aromatic rings. The summed E-state index contributed by atoms with van der Waals surface area (Å²) in [5.41, 5.74) is 2.54. The Morgan fingerprint density at radius 3 is 2.73 bits per heavy atom. The molecule has 2 rings (SSSR count). The zero-order valence-electron chi connectivity index (χ0n) is 14.8. The van der Waals surface area contributed by atoms with Gasteiger partial charge in [-0.25, -0.2) is 0 Å². The Kier molecular flexibility index (Phi) is 6.75. The summed E-state index contributed by atoms with van der Waals surface area (Å²) in [7, 11) is 0. The minimum atomic E-state index is 0.726. The van der Waals surface area contributed by atoms with Gasteiger partial charge in [0.15, 0.2) is 0 Å². The van der Waals surface area contributed by atoms with Crippen molar-refractivity contribution in [2.45, 2.75) is 65.8 Å². The van der Waals surface area contributed by atoms with Gasteiger partial charge in [0.25, 0.3) is 0 Å². The molecule has 1 aliphatic rings. The second-order valence-corrected chi connectivity index (χ2v) is 7.15. The van der Waals surface area contributed by atoms with E-state index >= 15 is 0 Å². The number of rotatable bonds is 7. The van der Waals surface area contributed by atoms with Gasteiger partial charge in [-0.15, -0.1) is 0 Å². The van der Waals surface area contributed by atoms with E-state index in [2.05, 4.69) is 51.2 Å². The fourth-order valence-electron chi connectivity index (χ4n) is 3.53. The van der Waals surface area contributed by atoms with Crippen LogP contribution >= 0.6 is 0 Å². The summed E-state index contributed by atoms with van der Waals surface area (Å²) in [6.45, 7) is 11.0. The zero-order chi connectivity index (χ0) is 15.9. The maximum absolute atomic E-state index is 5.89. The van der Waals surface area contributed by atoms with E-state index in [-0.39, 0.29) is 0 Å². The number of hydrogen-bond acceptors (Lipinski definition) is 2. The Labute approximate surface area is 136 Å². The van der Waals surface area contributed by atoms with Crippen molar-refractivity contribution in [3.63, 3.8) is 0 Å². The summed E-state index contributed by atoms with van der Waals surface area (Å²) < 4.78 is 5.89. The summed E-state index contributed by atoms with van der Waals surface area (Å²) in [6, 6.07) is 7.12. The second kappa shape index (κ2) is 8.57. The van der Waals surface area contributed by atoms with E-state index < -0.39 is 0 Å². The summed E-state index contributed by atoms with van der Waals surface area (Å²) in [4.78, 5) is 0. The Morgan fingerprint density at radius 1 is 1.14 bits per heavy atom. The van der Waals surface area contributed by atoms with E-state index in [1.807, 2.05) is 0 Å². The first-order chi connectivity index (χ1) is 10.6. The molecular formula is C20H33NO. The van der Waals surface area contributed by atoms with E-state index in [0.29, 0.717) is 0 Å². The summed E-state index contributed by atoms with van der Waals surface area (Å²) in [5.74, 6) is 2.73. The zero-order valence-corrected chi connectivity index (χ0v) is 14.8. The topological polar surface area (TPSA) is 21.3 Å². The molecule has 0 bridgehead atoms. The Morgan fingerprint density at radius 2 is 1.95 bits per heavy atom. The molecule has 2 heteroatoms. The number of nitrogens with one attached hydrogen (secondary N) is 1. The molecule has 0 unspecified atom stereocenters. The molecule has 0 aromatic heterocycles. The molecule has 0 saturated heterocycles. The molecule has 1 fully saturated rings. The Hall–Kier alpha value is -1.02. The molecule has 0 spiro atoms. The maximum atomic E-state index is 5.89. The predicted octanol–water partition coefficient (Wildman–Crippen LogP) is 4.88. The fourth-order valence-corrected chi connectivity index (χ4v) is 3.53. The van der Waals surface area contributed by atoms with Gasteiger partial charge in [0.05, 0.1) is 6.61 Å². The average molecular weight is 303 g/mol. The van der Waals surface area contributed by atoms with Crippen molar-refractivity contribution in [1.29, 1.82) is 0 Å². The van der Waals surface area contributed by atoms with Crippen molar-refractivity contribution >= 4 is 0 Å². The van der Waals surface area contributed by atoms with Crippen LogP contribution in [-0.2, 0) is 0 Å². The third-order valence-electron chi connectivity index (χ3n) is 5.27. The highest BCUT2D eigenvalue weighted by Gasteiger charge is 2.26. The number of benzene rings is 1. The maximum Gasteiger partial charge on any atom is 0.122 e. The molecule has 0 heterocycles. The van der Waals surface area contributed by atoms with Crippen LogP contribution in [0.25, 0.3) is 0 Å². The van der Waals surface area contributed by atoms with Crippen molar-refractivity contribution in [2.24, 2.45) is 11.8 Å². The van der Waals surface area contributed by atoms with Gasteiger partial charge >= 0.3 is 0 Å². The summed E-state index contributed by atoms with van der Waals surface area (Å²) >= 11 is 0. The van der Waals surface area contributed by atoms with Crippen LogP contribution < -0.4 is 10.1 Å². The van der Waals surface area contributed by atoms with Crippen LogP contribution in [-0.4, -0.2) is 19.2 Å². The number of ether oxygens (including phenoxy) is 1. The number of hydrogen-bond donors (Lipinski definition) is 1. The quantitative estimate of drug-likeness (QED) is 0.725. The molecule has 1 aliphatic carbocycles. The molecule has 0 radical (unpaired) electrons. The number of aryl methyl sites for hydroxylation is 2. The molecule has 1 aromatic carbocycles. The van der Waals surface area contributed by atoms with Crippen LogP contribution in [0.5, 0.6) is 5.75 Å². The molecule has 0 aliphatic heterocycles. The van der Waals surface area contributed by atoms with Gasteiger partial charge in [0, 0.05) is 6.04 Å². The van der Waals surface area contributed by atoms with Gasteiger partial charge in [0.1, 0.15) is 5.75 Å². The lowest BCUT2D eigenvalue weighted by Crippen LogP contribution is -2.41. The minimum Gasteiger partial charge on any atom is -0.493 e. The van der Waals surface area contributed by atoms with Crippen LogP contribution in [0, 0.1) is 25.7 Å². The highest BCUT2D eigenvalue weighted by atomic mass is 16.5. The van der Waals surface area contributed by atoms with Crippen molar-refractivity contribution in [2.75, 3.05) is 13.2 Å². The van der Waals surface area contributed by atoms with Crippen LogP contribution in [0.4, 0.5) is 0 Å². The molecule has 1 N–H and O–H groups in total. The van der Waals surface area contributed by atoms with Crippen molar-refractivity contribution in [3.8, 4) is 5.75 Å². The first-order valence-electron chi connectivity index (χ1n) is 9.01. The van der Waals surface area contributed by atoms with Crippen molar-refractivity contribution in [1.82, 2.24) is 5.32 Å². The van der Waals surface area contributed by atoms with Crippen LogP contribution in [0.1, 0.15) is 57.1 Å². The third kappa shape index (κ3) is 5.01. The lowest BCUT2D eigenvalue weighted by Gasteiger charge is -2.34. The smallest absolute Gasteiger partial charge is 0.122 e. The molecule has 1 saturated carbocycles. The highest BCUT2D eigenvalue weighted by Crippen LogP contribution is 2.29. The van der Waals surface area contributed by atoms with Crippen LogP contribution in [0.3, 0.4) is 0 Å². The third-order valence-corrected chi connectivity index (χ3v) is 5.27. The summed E-state index contributed by atoms with van der Waals surface area (Å²) in [5, 5.41) is 3.76. The summed E-state index contributed by atoms with van der Waals surface area (Å²) in [6.07, 6.45) is 6.46. The van der Waals surface area contributed by atoms with Crippen LogP contribution in [0.15, 0.2) is 18.2 Å². The Bertz CT molecular complexity index is 457. The van der Waals surface area contributed by atoms with Gasteiger partial charge in [-0.1, -0.05) is 44.4 Å². The van der Waals surface area contributed by atoms with Crippen LogP contribution in [0.2, 0.25) is 0 Å². The number of unbranched alkanes of at least 4 members (excludes halogenated alkanes) is 1. The molecule has 0 amide bonds. The Balaban J connectivity index is 1.59. The van der Waals surface area contributed by atoms with Gasteiger partial charge < -0.3 is 10.1 Å². The van der Waals surface area contributed by atoms with E-state index in [9.17, 15) is 0 Å². The molecule has 3 atom stereocenters. The van der Waals surface area contributed by atoms with Gasteiger partial charge in [-0.2, -0.15) is 0 Å². The fraction of sp³-hybridized carbons (Fsp3) is 0.700.